The first-order valence-corrected chi connectivity index (χ1v) is 8.36. The van der Waals surface area contributed by atoms with Crippen molar-refractivity contribution in [2.24, 2.45) is 11.7 Å². The van der Waals surface area contributed by atoms with Crippen LogP contribution in [0.3, 0.4) is 0 Å². The number of nitrogens with zero attached hydrogens (tertiary/aromatic N) is 1. The standard InChI is InChI=1S/C16H28N2O3/c1-2-3-7-12(17)15(19)18-13-8-5-4-6-11(13)9-10-14(18)16(20)21/h11-14H,2-10,17H2,1H3,(H,20,21). The molecule has 1 saturated carbocycles. The minimum Gasteiger partial charge on any atom is -0.480 e. The van der Waals surface area contributed by atoms with Crippen molar-refractivity contribution in [1.82, 2.24) is 4.90 Å². The Bertz CT molecular complexity index is 386. The first-order valence-electron chi connectivity index (χ1n) is 8.36. The van der Waals surface area contributed by atoms with Crippen molar-refractivity contribution in [3.8, 4) is 0 Å². The molecule has 21 heavy (non-hydrogen) atoms. The van der Waals surface area contributed by atoms with Gasteiger partial charge in [-0.1, -0.05) is 32.6 Å². The summed E-state index contributed by atoms with van der Waals surface area (Å²) < 4.78 is 0. The summed E-state index contributed by atoms with van der Waals surface area (Å²) in [6.07, 6.45) is 8.38. The lowest BCUT2D eigenvalue weighted by Crippen LogP contribution is -2.60. The summed E-state index contributed by atoms with van der Waals surface area (Å²) in [5.41, 5.74) is 6.03. The van der Waals surface area contributed by atoms with Crippen LogP contribution in [0.1, 0.15) is 64.7 Å². The van der Waals surface area contributed by atoms with Gasteiger partial charge in [0.2, 0.25) is 5.91 Å². The van der Waals surface area contributed by atoms with Gasteiger partial charge in [0.25, 0.3) is 0 Å². The Balaban J connectivity index is 2.15. The number of carboxylic acid groups (broad SMARTS) is 1. The van der Waals surface area contributed by atoms with E-state index >= 15 is 0 Å². The van der Waals surface area contributed by atoms with E-state index < -0.39 is 18.1 Å². The fourth-order valence-electron chi connectivity index (χ4n) is 3.93. The van der Waals surface area contributed by atoms with E-state index in [2.05, 4.69) is 6.92 Å². The summed E-state index contributed by atoms with van der Waals surface area (Å²) in [6, 6.07) is -1.13. The largest absolute Gasteiger partial charge is 0.480 e. The van der Waals surface area contributed by atoms with Crippen LogP contribution in [0.15, 0.2) is 0 Å². The van der Waals surface area contributed by atoms with Crippen molar-refractivity contribution >= 4 is 11.9 Å². The van der Waals surface area contributed by atoms with Gasteiger partial charge >= 0.3 is 5.97 Å². The number of nitrogens with two attached hydrogens (primary N) is 1. The smallest absolute Gasteiger partial charge is 0.326 e. The lowest BCUT2D eigenvalue weighted by Gasteiger charge is -2.47. The lowest BCUT2D eigenvalue weighted by atomic mass is 9.76. The normalized spacial score (nSPS) is 30.6. The van der Waals surface area contributed by atoms with Crippen molar-refractivity contribution < 1.29 is 14.7 Å². The van der Waals surface area contributed by atoms with Crippen molar-refractivity contribution in [2.45, 2.75) is 82.8 Å². The third-order valence-corrected chi connectivity index (χ3v) is 5.10. The second kappa shape index (κ2) is 7.25. The number of amides is 1. The highest BCUT2D eigenvalue weighted by molar-refractivity contribution is 5.87. The van der Waals surface area contributed by atoms with Crippen molar-refractivity contribution in [3.05, 3.63) is 0 Å². The number of hydrogen-bond acceptors (Lipinski definition) is 3. The molecule has 0 bridgehead atoms. The zero-order valence-electron chi connectivity index (χ0n) is 13.0. The molecule has 1 aliphatic heterocycles. The third-order valence-electron chi connectivity index (χ3n) is 5.10. The molecule has 2 rings (SSSR count). The van der Waals surface area contributed by atoms with Crippen LogP contribution in [0, 0.1) is 5.92 Å². The van der Waals surface area contributed by atoms with E-state index in [1.54, 1.807) is 4.90 Å². The van der Waals surface area contributed by atoms with Crippen molar-refractivity contribution in [2.75, 3.05) is 0 Å². The predicted octanol–water partition coefficient (Wildman–Crippen LogP) is 2.14. The maximum Gasteiger partial charge on any atom is 0.326 e. The molecule has 0 aromatic rings. The first kappa shape index (κ1) is 16.3. The molecule has 3 N–H and O–H groups in total. The van der Waals surface area contributed by atoms with E-state index in [0.29, 0.717) is 18.8 Å². The number of carboxylic acids is 1. The van der Waals surface area contributed by atoms with Crippen LogP contribution in [0.5, 0.6) is 0 Å². The molecule has 5 nitrogen and oxygen atoms in total. The number of carbonyl (C=O) groups excluding carboxylic acids is 1. The number of rotatable bonds is 5. The van der Waals surface area contributed by atoms with E-state index in [9.17, 15) is 14.7 Å². The predicted molar refractivity (Wildman–Crippen MR) is 80.8 cm³/mol. The molecule has 0 radical (unpaired) electrons. The molecule has 1 saturated heterocycles. The molecule has 5 heteroatoms. The maximum absolute atomic E-state index is 12.7. The summed E-state index contributed by atoms with van der Waals surface area (Å²) in [6.45, 7) is 2.06. The molecule has 1 aliphatic carbocycles. The van der Waals surface area contributed by atoms with Gasteiger partial charge in [-0.3, -0.25) is 4.79 Å². The molecule has 1 heterocycles. The highest BCUT2D eigenvalue weighted by atomic mass is 16.4. The number of piperidine rings is 1. The number of aliphatic carboxylic acids is 1. The lowest BCUT2D eigenvalue weighted by molar-refractivity contribution is -0.159. The summed E-state index contributed by atoms with van der Waals surface area (Å²) in [5, 5.41) is 9.47. The topological polar surface area (TPSA) is 83.6 Å². The quantitative estimate of drug-likeness (QED) is 0.814. The van der Waals surface area contributed by atoms with Gasteiger partial charge in [0.1, 0.15) is 6.04 Å². The highest BCUT2D eigenvalue weighted by Gasteiger charge is 2.44. The van der Waals surface area contributed by atoms with Crippen LogP contribution in [0.2, 0.25) is 0 Å². The Morgan fingerprint density at radius 3 is 2.62 bits per heavy atom. The molecular formula is C16H28N2O3. The van der Waals surface area contributed by atoms with Gasteiger partial charge < -0.3 is 15.7 Å². The molecule has 0 spiro atoms. The number of hydrogen-bond donors (Lipinski definition) is 2. The van der Waals surface area contributed by atoms with Crippen LogP contribution in [-0.4, -0.2) is 40.0 Å². The van der Waals surface area contributed by atoms with Crippen LogP contribution < -0.4 is 5.73 Å². The fraction of sp³-hybridized carbons (Fsp3) is 0.875. The number of unbranched alkanes of at least 4 members (excludes halogenated alkanes) is 1. The van der Waals surface area contributed by atoms with E-state index in [1.807, 2.05) is 0 Å². The summed E-state index contributed by atoms with van der Waals surface area (Å²) in [5.74, 6) is -0.556. The van der Waals surface area contributed by atoms with E-state index in [4.69, 9.17) is 5.73 Å². The Hall–Kier alpha value is -1.10. The zero-order valence-corrected chi connectivity index (χ0v) is 13.0. The molecule has 2 fully saturated rings. The number of carbonyl (C=O) groups is 2. The van der Waals surface area contributed by atoms with Crippen molar-refractivity contribution in [3.63, 3.8) is 0 Å². The Morgan fingerprint density at radius 1 is 1.24 bits per heavy atom. The zero-order chi connectivity index (χ0) is 15.4. The molecule has 4 unspecified atom stereocenters. The van der Waals surface area contributed by atoms with E-state index in [-0.39, 0.29) is 11.9 Å². The summed E-state index contributed by atoms with van der Waals surface area (Å²) in [4.78, 5) is 25.9. The van der Waals surface area contributed by atoms with Gasteiger partial charge in [0, 0.05) is 6.04 Å². The minimum atomic E-state index is -0.880. The maximum atomic E-state index is 12.7. The molecule has 2 aliphatic rings. The minimum absolute atomic E-state index is 0.0915. The molecule has 4 atom stereocenters. The SMILES string of the molecule is CCCCC(N)C(=O)N1C(C(=O)O)CCC2CCCCC21. The van der Waals surface area contributed by atoms with Gasteiger partial charge in [-0.05, 0) is 38.0 Å². The first-order chi connectivity index (χ1) is 10.1. The molecular weight excluding hydrogens is 268 g/mol. The average Bonchev–Trinajstić information content (AvgIpc) is 2.50. The Morgan fingerprint density at radius 2 is 1.95 bits per heavy atom. The second-order valence-corrected chi connectivity index (χ2v) is 6.54. The number of likely N-dealkylation sites (tertiary alicyclic amines) is 1. The fourth-order valence-corrected chi connectivity index (χ4v) is 3.93. The van der Waals surface area contributed by atoms with Crippen LogP contribution in [0.4, 0.5) is 0 Å². The van der Waals surface area contributed by atoms with E-state index in [0.717, 1.165) is 38.5 Å². The molecule has 120 valence electrons. The Labute approximate surface area is 126 Å². The van der Waals surface area contributed by atoms with Crippen molar-refractivity contribution in [1.29, 1.82) is 0 Å². The van der Waals surface area contributed by atoms with Crippen LogP contribution >= 0.6 is 0 Å². The molecule has 0 aromatic heterocycles. The monoisotopic (exact) mass is 296 g/mol. The summed E-state index contributed by atoms with van der Waals surface area (Å²) in [7, 11) is 0. The van der Waals surface area contributed by atoms with Gasteiger partial charge in [-0.2, -0.15) is 0 Å². The molecule has 0 aromatic carbocycles. The summed E-state index contributed by atoms with van der Waals surface area (Å²) >= 11 is 0. The highest BCUT2D eigenvalue weighted by Crippen LogP contribution is 2.38. The average molecular weight is 296 g/mol. The van der Waals surface area contributed by atoms with E-state index in [1.165, 1.54) is 6.42 Å². The molecule has 1 amide bonds. The van der Waals surface area contributed by atoms with Gasteiger partial charge in [0.05, 0.1) is 6.04 Å². The van der Waals surface area contributed by atoms with Gasteiger partial charge in [0.15, 0.2) is 0 Å². The van der Waals surface area contributed by atoms with Crippen LogP contribution in [0.25, 0.3) is 0 Å². The Kier molecular flexibility index (Phi) is 5.62. The van der Waals surface area contributed by atoms with Crippen LogP contribution in [-0.2, 0) is 9.59 Å². The van der Waals surface area contributed by atoms with Gasteiger partial charge in [-0.15, -0.1) is 0 Å². The second-order valence-electron chi connectivity index (χ2n) is 6.54. The van der Waals surface area contributed by atoms with Gasteiger partial charge in [-0.25, -0.2) is 4.79 Å². The number of fused-ring (bicyclic) bond motifs is 1. The third kappa shape index (κ3) is 3.57.